The molecule has 186 valence electrons. The minimum Gasteiger partial charge on any atom is -0.496 e. The van der Waals surface area contributed by atoms with Crippen LogP contribution in [-0.2, 0) is 14.4 Å². The lowest BCUT2D eigenvalue weighted by Gasteiger charge is -2.37. The highest BCUT2D eigenvalue weighted by Gasteiger charge is 2.67. The van der Waals surface area contributed by atoms with Crippen molar-refractivity contribution in [3.63, 3.8) is 0 Å². The molecular formula is C26H27N5O5. The number of rotatable bonds is 7. The number of ether oxygens (including phenoxy) is 1. The fourth-order valence-corrected chi connectivity index (χ4v) is 6.65. The van der Waals surface area contributed by atoms with E-state index in [-0.39, 0.29) is 17.7 Å². The Hall–Kier alpha value is -3.87. The van der Waals surface area contributed by atoms with Crippen LogP contribution in [0.5, 0.6) is 5.75 Å². The van der Waals surface area contributed by atoms with E-state index in [1.165, 1.54) is 0 Å². The van der Waals surface area contributed by atoms with E-state index in [0.29, 0.717) is 36.6 Å². The molecular weight excluding hydrogens is 462 g/mol. The van der Waals surface area contributed by atoms with Gasteiger partial charge in [0.05, 0.1) is 25.0 Å². The molecule has 3 aliphatic carbocycles. The van der Waals surface area contributed by atoms with Gasteiger partial charge in [-0.05, 0) is 49.3 Å². The number of hydrogen-bond donors (Lipinski definition) is 4. The third-order valence-corrected chi connectivity index (χ3v) is 8.48. The largest absolute Gasteiger partial charge is 0.496 e. The summed E-state index contributed by atoms with van der Waals surface area (Å²) in [5.41, 5.74) is -0.180. The van der Waals surface area contributed by atoms with Gasteiger partial charge in [0.2, 0.25) is 17.7 Å². The minimum atomic E-state index is -1.23. The van der Waals surface area contributed by atoms with Gasteiger partial charge in [-0.2, -0.15) is 5.26 Å². The maximum atomic E-state index is 13.5. The van der Waals surface area contributed by atoms with Gasteiger partial charge < -0.3 is 20.4 Å². The molecule has 10 heteroatoms. The molecule has 2 aromatic rings. The molecule has 1 aromatic carbocycles. The standard InChI is InChI=1S/C26H27N5O5/c1-36-19-4-2-3-16-14(19)9-18(28-16)22(32)29-17(7-12-5-6-12)23(33)31-26(11-27)10-13-8-15(26)21-20(13)24(34)30-25(21)35/h2-4,9,12-13,15,17,20-21,28H,5-8,10H2,1H3,(H,29,32)(H,31,33)(H,30,34,35)/t13-,15?,17-,20-,21+,26+/m0/s1. The Labute approximate surface area is 207 Å². The molecule has 6 rings (SSSR count). The summed E-state index contributed by atoms with van der Waals surface area (Å²) in [5.74, 6) is -2.06. The Bertz CT molecular complexity index is 1340. The summed E-state index contributed by atoms with van der Waals surface area (Å²) in [7, 11) is 1.56. The molecule has 4 N–H and O–H groups in total. The lowest BCUT2D eigenvalue weighted by Crippen LogP contribution is -2.59. The average molecular weight is 490 g/mol. The van der Waals surface area contributed by atoms with Gasteiger partial charge in [-0.15, -0.1) is 0 Å². The van der Waals surface area contributed by atoms with Gasteiger partial charge in [0.1, 0.15) is 23.0 Å². The number of imide groups is 1. The predicted molar refractivity (Wildman–Crippen MR) is 126 cm³/mol. The van der Waals surface area contributed by atoms with Crippen molar-refractivity contribution < 1.29 is 23.9 Å². The maximum Gasteiger partial charge on any atom is 0.268 e. The van der Waals surface area contributed by atoms with E-state index in [1.54, 1.807) is 19.2 Å². The summed E-state index contributed by atoms with van der Waals surface area (Å²) in [6, 6.07) is 8.61. The Morgan fingerprint density at radius 3 is 2.75 bits per heavy atom. The Morgan fingerprint density at radius 2 is 2.03 bits per heavy atom. The average Bonchev–Trinajstić information content (AvgIpc) is 3.19. The maximum absolute atomic E-state index is 13.5. The monoisotopic (exact) mass is 489 g/mol. The van der Waals surface area contributed by atoms with Crippen molar-refractivity contribution in [3.8, 4) is 11.8 Å². The molecule has 1 aliphatic heterocycles. The van der Waals surface area contributed by atoms with Crippen LogP contribution >= 0.6 is 0 Å². The molecule has 0 spiro atoms. The molecule has 2 heterocycles. The van der Waals surface area contributed by atoms with Crippen LogP contribution in [0.4, 0.5) is 0 Å². The van der Waals surface area contributed by atoms with Gasteiger partial charge in [0.15, 0.2) is 0 Å². The van der Waals surface area contributed by atoms with Gasteiger partial charge >= 0.3 is 0 Å². The molecule has 3 saturated carbocycles. The fraction of sp³-hybridized carbons (Fsp3) is 0.500. The van der Waals surface area contributed by atoms with E-state index in [0.717, 1.165) is 23.7 Å². The second kappa shape index (κ2) is 8.08. The van der Waals surface area contributed by atoms with Crippen molar-refractivity contribution >= 4 is 34.5 Å². The zero-order valence-corrected chi connectivity index (χ0v) is 19.8. The van der Waals surface area contributed by atoms with E-state index in [2.05, 4.69) is 27.0 Å². The number of benzene rings is 1. The summed E-state index contributed by atoms with van der Waals surface area (Å²) >= 11 is 0. The first-order valence-corrected chi connectivity index (χ1v) is 12.4. The second-order valence-corrected chi connectivity index (χ2v) is 10.6. The summed E-state index contributed by atoms with van der Waals surface area (Å²) in [6.45, 7) is 0. The van der Waals surface area contributed by atoms with Crippen LogP contribution in [0.15, 0.2) is 24.3 Å². The highest BCUT2D eigenvalue weighted by molar-refractivity contribution is 6.06. The van der Waals surface area contributed by atoms with Crippen molar-refractivity contribution in [2.45, 2.75) is 43.7 Å². The molecule has 4 amide bonds. The normalized spacial score (nSPS) is 31.0. The first-order valence-electron chi connectivity index (χ1n) is 12.4. The van der Waals surface area contributed by atoms with Gasteiger partial charge in [0.25, 0.3) is 5.91 Å². The second-order valence-electron chi connectivity index (χ2n) is 10.6. The van der Waals surface area contributed by atoms with Crippen LogP contribution < -0.4 is 20.7 Å². The van der Waals surface area contributed by atoms with Crippen LogP contribution in [0.3, 0.4) is 0 Å². The number of methoxy groups -OCH3 is 1. The summed E-state index contributed by atoms with van der Waals surface area (Å²) in [4.78, 5) is 54.4. The summed E-state index contributed by atoms with van der Waals surface area (Å²) in [5, 5.41) is 19.1. The van der Waals surface area contributed by atoms with Crippen LogP contribution in [0.1, 0.15) is 42.6 Å². The molecule has 10 nitrogen and oxygen atoms in total. The quantitative estimate of drug-likeness (QED) is 0.431. The molecule has 4 aliphatic rings. The van der Waals surface area contributed by atoms with E-state index in [9.17, 15) is 24.4 Å². The number of amides is 4. The highest BCUT2D eigenvalue weighted by Crippen LogP contribution is 2.58. The van der Waals surface area contributed by atoms with Crippen LogP contribution in [0.25, 0.3) is 10.9 Å². The number of aromatic amines is 1. The lowest BCUT2D eigenvalue weighted by molar-refractivity contribution is -0.129. The number of hydrogen-bond acceptors (Lipinski definition) is 6. The smallest absolute Gasteiger partial charge is 0.268 e. The van der Waals surface area contributed by atoms with Crippen LogP contribution in [-0.4, -0.2) is 47.3 Å². The number of carbonyl (C=O) groups is 4. The predicted octanol–water partition coefficient (Wildman–Crippen LogP) is 1.38. The minimum absolute atomic E-state index is 0.121. The molecule has 1 aromatic heterocycles. The van der Waals surface area contributed by atoms with Crippen LogP contribution in [0.2, 0.25) is 0 Å². The topological polar surface area (TPSA) is 153 Å². The first kappa shape index (κ1) is 22.6. The number of H-pyrrole nitrogens is 1. The van der Waals surface area contributed by atoms with Crippen molar-refractivity contribution in [3.05, 3.63) is 30.0 Å². The lowest BCUT2D eigenvalue weighted by atomic mass is 9.71. The zero-order chi connectivity index (χ0) is 25.2. The SMILES string of the molecule is COc1cccc2[nH]c(C(=O)N[C@@H](CC3CC3)C(=O)N[C@@]3(C#N)C[C@@H]4CC3[C@H]3C(=O)NC(=O)[C@@H]43)cc12. The van der Waals surface area contributed by atoms with E-state index >= 15 is 0 Å². The Kier molecular flexibility index (Phi) is 5.07. The summed E-state index contributed by atoms with van der Waals surface area (Å²) < 4.78 is 5.37. The van der Waals surface area contributed by atoms with Crippen molar-refractivity contribution in [1.29, 1.82) is 5.26 Å². The third-order valence-electron chi connectivity index (χ3n) is 8.48. The first-order chi connectivity index (χ1) is 17.3. The van der Waals surface area contributed by atoms with E-state index < -0.39 is 41.1 Å². The number of aromatic nitrogens is 1. The molecule has 4 fully saturated rings. The number of nitrogens with zero attached hydrogens (tertiary/aromatic N) is 1. The summed E-state index contributed by atoms with van der Waals surface area (Å²) in [6.07, 6.45) is 3.33. The third kappa shape index (κ3) is 3.45. The van der Waals surface area contributed by atoms with Crippen molar-refractivity contribution in [2.24, 2.45) is 29.6 Å². The molecule has 6 atom stereocenters. The van der Waals surface area contributed by atoms with Crippen molar-refractivity contribution in [1.82, 2.24) is 20.9 Å². The van der Waals surface area contributed by atoms with Gasteiger partial charge in [0, 0.05) is 16.8 Å². The number of nitrogens with one attached hydrogen (secondary N) is 4. The molecule has 0 radical (unpaired) electrons. The van der Waals surface area contributed by atoms with E-state index in [4.69, 9.17) is 4.74 Å². The number of carbonyl (C=O) groups excluding carboxylic acids is 4. The molecule has 36 heavy (non-hydrogen) atoms. The highest BCUT2D eigenvalue weighted by atomic mass is 16.5. The molecule has 1 unspecified atom stereocenters. The molecule has 2 bridgehead atoms. The van der Waals surface area contributed by atoms with Gasteiger partial charge in [-0.1, -0.05) is 18.9 Å². The van der Waals surface area contributed by atoms with Gasteiger partial charge in [-0.25, -0.2) is 0 Å². The Morgan fingerprint density at radius 1 is 1.25 bits per heavy atom. The van der Waals surface area contributed by atoms with Gasteiger partial charge in [-0.3, -0.25) is 24.5 Å². The Balaban J connectivity index is 1.22. The van der Waals surface area contributed by atoms with Crippen LogP contribution in [0, 0.1) is 40.9 Å². The fourth-order valence-electron chi connectivity index (χ4n) is 6.65. The number of fused-ring (bicyclic) bond motifs is 6. The molecule has 1 saturated heterocycles. The van der Waals surface area contributed by atoms with Crippen molar-refractivity contribution in [2.75, 3.05) is 7.11 Å². The number of nitriles is 1. The van der Waals surface area contributed by atoms with E-state index in [1.807, 2.05) is 12.1 Å². The zero-order valence-electron chi connectivity index (χ0n) is 19.8.